The van der Waals surface area contributed by atoms with Crippen LogP contribution in [0.2, 0.25) is 0 Å². The van der Waals surface area contributed by atoms with Crippen LogP contribution in [0.1, 0.15) is 13.8 Å². The second kappa shape index (κ2) is 6.42. The summed E-state index contributed by atoms with van der Waals surface area (Å²) < 4.78 is 25.7. The Kier molecular flexibility index (Phi) is 4.63. The largest absolute Gasteiger partial charge is 0.368 e. The molecule has 0 aliphatic carbocycles. The Hall–Kier alpha value is -1.51. The minimum absolute atomic E-state index is 0.243. The first-order valence-corrected chi connectivity index (χ1v) is 10.4. The fraction of sp³-hybridized carbons (Fsp3) is 0.250. The van der Waals surface area contributed by atoms with Gasteiger partial charge < -0.3 is 5.32 Å². The average molecular weight is 426 g/mol. The van der Waals surface area contributed by atoms with E-state index >= 15 is 0 Å². The van der Waals surface area contributed by atoms with E-state index in [9.17, 15) is 8.42 Å². The number of thiophene rings is 1. The third-order valence-corrected chi connectivity index (χ3v) is 7.64. The Morgan fingerprint density at radius 2 is 1.88 bits per heavy atom. The van der Waals surface area contributed by atoms with Gasteiger partial charge in [-0.1, -0.05) is 15.9 Å². The molecule has 0 saturated carbocycles. The molecular weight excluding hydrogens is 410 g/mol. The molecule has 2 heterocycles. The zero-order valence-electron chi connectivity index (χ0n) is 13.2. The Bertz CT molecular complexity index is 966. The highest BCUT2D eigenvalue weighted by atomic mass is 79.9. The van der Waals surface area contributed by atoms with Gasteiger partial charge in [-0.25, -0.2) is 18.4 Å². The third kappa shape index (κ3) is 3.18. The van der Waals surface area contributed by atoms with E-state index in [2.05, 4.69) is 31.2 Å². The number of nitrogens with zero attached hydrogens (tertiary/aromatic N) is 2. The molecule has 3 rings (SSSR count). The number of benzene rings is 1. The average Bonchev–Trinajstić information content (AvgIpc) is 3.02. The van der Waals surface area contributed by atoms with Gasteiger partial charge >= 0.3 is 0 Å². The Morgan fingerprint density at radius 1 is 1.17 bits per heavy atom. The standard InChI is InChI=1S/C16H16BrN3O2S2/c1-16(2,24(21,22)12-5-3-11(17)4-6-12)9-18-14-13-7-8-23-15(13)20-10-19-14/h3-8,10H,9H2,1-2H3,(H,18,19,20). The molecule has 0 saturated heterocycles. The molecule has 0 atom stereocenters. The summed E-state index contributed by atoms with van der Waals surface area (Å²) in [5, 5.41) is 6.01. The van der Waals surface area contributed by atoms with Crippen molar-refractivity contribution in [2.75, 3.05) is 11.9 Å². The lowest BCUT2D eigenvalue weighted by Crippen LogP contribution is -2.39. The molecule has 3 aromatic rings. The number of sulfone groups is 1. The third-order valence-electron chi connectivity index (χ3n) is 3.79. The first kappa shape index (κ1) is 17.3. The van der Waals surface area contributed by atoms with Gasteiger partial charge in [0, 0.05) is 11.0 Å². The Morgan fingerprint density at radius 3 is 2.58 bits per heavy atom. The van der Waals surface area contributed by atoms with E-state index in [-0.39, 0.29) is 6.54 Å². The van der Waals surface area contributed by atoms with E-state index in [0.29, 0.717) is 10.7 Å². The van der Waals surface area contributed by atoms with Crippen LogP contribution < -0.4 is 5.32 Å². The van der Waals surface area contributed by atoms with Crippen LogP contribution in [0, 0.1) is 0 Å². The number of hydrogen-bond donors (Lipinski definition) is 1. The predicted octanol–water partition coefficient (Wildman–Crippen LogP) is 4.12. The van der Waals surface area contributed by atoms with Gasteiger partial charge in [-0.05, 0) is 49.6 Å². The molecule has 1 aromatic carbocycles. The number of halogens is 1. The zero-order valence-corrected chi connectivity index (χ0v) is 16.4. The highest BCUT2D eigenvalue weighted by Gasteiger charge is 2.35. The monoisotopic (exact) mass is 425 g/mol. The highest BCUT2D eigenvalue weighted by molar-refractivity contribution is 9.10. The molecule has 0 radical (unpaired) electrons. The van der Waals surface area contributed by atoms with Crippen molar-refractivity contribution >= 4 is 53.1 Å². The summed E-state index contributed by atoms with van der Waals surface area (Å²) in [6, 6.07) is 8.62. The van der Waals surface area contributed by atoms with Crippen molar-refractivity contribution in [2.45, 2.75) is 23.5 Å². The first-order valence-electron chi connectivity index (χ1n) is 7.23. The number of nitrogens with one attached hydrogen (secondary N) is 1. The quantitative estimate of drug-likeness (QED) is 0.665. The minimum atomic E-state index is -3.49. The van der Waals surface area contributed by atoms with Crippen molar-refractivity contribution in [2.24, 2.45) is 0 Å². The van der Waals surface area contributed by atoms with Gasteiger partial charge in [-0.3, -0.25) is 0 Å². The van der Waals surface area contributed by atoms with E-state index in [0.717, 1.165) is 14.7 Å². The van der Waals surface area contributed by atoms with Crippen LogP contribution in [-0.4, -0.2) is 29.7 Å². The fourth-order valence-corrected chi connectivity index (χ4v) is 4.65. The summed E-state index contributed by atoms with van der Waals surface area (Å²) in [6.07, 6.45) is 1.48. The van der Waals surface area contributed by atoms with Crippen LogP contribution >= 0.6 is 27.3 Å². The van der Waals surface area contributed by atoms with Crippen molar-refractivity contribution in [1.29, 1.82) is 0 Å². The van der Waals surface area contributed by atoms with Gasteiger partial charge in [-0.2, -0.15) is 0 Å². The molecule has 0 amide bonds. The number of aromatic nitrogens is 2. The van der Waals surface area contributed by atoms with Crippen LogP contribution in [0.25, 0.3) is 10.2 Å². The van der Waals surface area contributed by atoms with Crippen LogP contribution in [0.3, 0.4) is 0 Å². The lowest BCUT2D eigenvalue weighted by Gasteiger charge is -2.25. The van der Waals surface area contributed by atoms with Crippen molar-refractivity contribution in [3.63, 3.8) is 0 Å². The SMILES string of the molecule is CC(C)(CNc1ncnc2sccc12)S(=O)(=O)c1ccc(Br)cc1. The van der Waals surface area contributed by atoms with Gasteiger partial charge in [0.25, 0.3) is 0 Å². The van der Waals surface area contributed by atoms with E-state index in [1.165, 1.54) is 17.7 Å². The van der Waals surface area contributed by atoms with Crippen molar-refractivity contribution < 1.29 is 8.42 Å². The van der Waals surface area contributed by atoms with E-state index in [1.54, 1.807) is 38.1 Å². The van der Waals surface area contributed by atoms with Crippen LogP contribution in [-0.2, 0) is 9.84 Å². The molecule has 0 aliphatic heterocycles. The Labute approximate surface area is 153 Å². The van der Waals surface area contributed by atoms with Gasteiger partial charge in [0.1, 0.15) is 17.0 Å². The van der Waals surface area contributed by atoms with E-state index in [4.69, 9.17) is 0 Å². The topological polar surface area (TPSA) is 72.0 Å². The number of fused-ring (bicyclic) bond motifs is 1. The zero-order chi connectivity index (χ0) is 17.4. The molecule has 126 valence electrons. The smallest absolute Gasteiger partial charge is 0.185 e. The lowest BCUT2D eigenvalue weighted by molar-refractivity contribution is 0.553. The van der Waals surface area contributed by atoms with E-state index < -0.39 is 14.6 Å². The summed E-state index contributed by atoms with van der Waals surface area (Å²) >= 11 is 4.85. The van der Waals surface area contributed by atoms with Crippen LogP contribution in [0.5, 0.6) is 0 Å². The normalized spacial score (nSPS) is 12.5. The molecule has 1 N–H and O–H groups in total. The molecule has 24 heavy (non-hydrogen) atoms. The molecule has 8 heteroatoms. The number of anilines is 1. The van der Waals surface area contributed by atoms with Crippen LogP contribution in [0.4, 0.5) is 5.82 Å². The number of hydrogen-bond acceptors (Lipinski definition) is 6. The lowest BCUT2D eigenvalue weighted by atomic mass is 10.2. The molecule has 0 aliphatic rings. The summed E-state index contributed by atoms with van der Waals surface area (Å²) in [5.41, 5.74) is 0. The van der Waals surface area contributed by atoms with Gasteiger partial charge in [0.2, 0.25) is 0 Å². The Balaban J connectivity index is 1.85. The molecule has 0 fully saturated rings. The van der Waals surface area contributed by atoms with Gasteiger partial charge in [0.15, 0.2) is 9.84 Å². The van der Waals surface area contributed by atoms with Crippen molar-refractivity contribution in [3.8, 4) is 0 Å². The maximum Gasteiger partial charge on any atom is 0.185 e. The van der Waals surface area contributed by atoms with E-state index in [1.807, 2.05) is 11.4 Å². The van der Waals surface area contributed by atoms with Crippen LogP contribution in [0.15, 0.2) is 51.4 Å². The number of rotatable bonds is 5. The molecular formula is C16H16BrN3O2S2. The summed E-state index contributed by atoms with van der Waals surface area (Å²) in [6.45, 7) is 3.67. The minimum Gasteiger partial charge on any atom is -0.368 e. The van der Waals surface area contributed by atoms with Gasteiger partial charge in [-0.15, -0.1) is 11.3 Å². The van der Waals surface area contributed by atoms with Crippen molar-refractivity contribution in [1.82, 2.24) is 9.97 Å². The molecule has 2 aromatic heterocycles. The fourth-order valence-electron chi connectivity index (χ4n) is 2.26. The van der Waals surface area contributed by atoms with Gasteiger partial charge in [0.05, 0.1) is 15.0 Å². The first-order chi connectivity index (χ1) is 11.3. The summed E-state index contributed by atoms with van der Waals surface area (Å²) in [7, 11) is -3.49. The predicted molar refractivity (Wildman–Crippen MR) is 101 cm³/mol. The van der Waals surface area contributed by atoms with Crippen molar-refractivity contribution in [3.05, 3.63) is 46.5 Å². The molecule has 0 spiro atoms. The maximum absolute atomic E-state index is 12.9. The second-order valence-corrected chi connectivity index (χ2v) is 10.3. The highest BCUT2D eigenvalue weighted by Crippen LogP contribution is 2.28. The second-order valence-electron chi connectivity index (χ2n) is 5.93. The summed E-state index contributed by atoms with van der Waals surface area (Å²) in [5.74, 6) is 0.653. The summed E-state index contributed by atoms with van der Waals surface area (Å²) in [4.78, 5) is 9.61. The molecule has 0 unspecified atom stereocenters. The molecule has 0 bridgehead atoms. The molecule has 5 nitrogen and oxygen atoms in total. The maximum atomic E-state index is 12.9.